The zero-order valence-electron chi connectivity index (χ0n) is 10.9. The first kappa shape index (κ1) is 13.4. The minimum Gasteiger partial charge on any atom is -0.207 e. The molecule has 3 aromatic carbocycles. The summed E-state index contributed by atoms with van der Waals surface area (Å²) < 4.78 is 41.6. The van der Waals surface area contributed by atoms with Gasteiger partial charge >= 0.3 is 0 Å². The van der Waals surface area contributed by atoms with Crippen LogP contribution in [0.4, 0.5) is 13.2 Å². The molecule has 0 fully saturated rings. The van der Waals surface area contributed by atoms with E-state index in [9.17, 15) is 13.2 Å². The van der Waals surface area contributed by atoms with E-state index in [2.05, 4.69) is 6.07 Å². The second-order valence-electron chi connectivity index (χ2n) is 4.57. The Labute approximate surface area is 120 Å². The highest BCUT2D eigenvalue weighted by molar-refractivity contribution is 5.83. The fourth-order valence-corrected chi connectivity index (χ4v) is 2.27. The molecule has 0 spiro atoms. The van der Waals surface area contributed by atoms with Crippen LogP contribution in [0.25, 0.3) is 22.3 Å². The van der Waals surface area contributed by atoms with E-state index >= 15 is 0 Å². The molecule has 0 atom stereocenters. The largest absolute Gasteiger partial charge is 0.207 e. The number of hydrogen-bond acceptors (Lipinski definition) is 0. The van der Waals surface area contributed by atoms with Gasteiger partial charge in [-0.25, -0.2) is 13.2 Å². The maximum Gasteiger partial charge on any atom is 0.131 e. The third kappa shape index (κ3) is 2.55. The summed E-state index contributed by atoms with van der Waals surface area (Å²) >= 11 is 0. The van der Waals surface area contributed by atoms with E-state index < -0.39 is 17.5 Å². The van der Waals surface area contributed by atoms with Crippen molar-refractivity contribution in [2.75, 3.05) is 0 Å². The van der Waals surface area contributed by atoms with Gasteiger partial charge in [-0.15, -0.1) is 0 Å². The van der Waals surface area contributed by atoms with Gasteiger partial charge in [0.1, 0.15) is 17.5 Å². The molecule has 0 amide bonds. The van der Waals surface area contributed by atoms with E-state index in [1.165, 1.54) is 48.5 Å². The van der Waals surface area contributed by atoms with Crippen LogP contribution in [-0.4, -0.2) is 0 Å². The van der Waals surface area contributed by atoms with Gasteiger partial charge in [-0.2, -0.15) is 0 Å². The van der Waals surface area contributed by atoms with Gasteiger partial charge in [-0.3, -0.25) is 0 Å². The number of halogens is 3. The molecule has 3 heteroatoms. The molecule has 0 N–H and O–H groups in total. The Bertz CT molecular complexity index is 794. The highest BCUT2D eigenvalue weighted by atomic mass is 19.1. The van der Waals surface area contributed by atoms with Crippen LogP contribution in [0, 0.1) is 23.5 Å². The Balaban J connectivity index is 2.29. The summed E-state index contributed by atoms with van der Waals surface area (Å²) in [7, 11) is 0. The zero-order valence-corrected chi connectivity index (χ0v) is 10.9. The van der Waals surface area contributed by atoms with Crippen LogP contribution in [0.15, 0.2) is 60.7 Å². The molecule has 0 nitrogen and oxygen atoms in total. The lowest BCUT2D eigenvalue weighted by atomic mass is 9.94. The second-order valence-corrected chi connectivity index (χ2v) is 4.57. The van der Waals surface area contributed by atoms with Crippen molar-refractivity contribution in [2.45, 2.75) is 0 Å². The van der Waals surface area contributed by atoms with Gasteiger partial charge in [-0.1, -0.05) is 36.4 Å². The molecule has 3 rings (SSSR count). The lowest BCUT2D eigenvalue weighted by Crippen LogP contribution is -1.93. The summed E-state index contributed by atoms with van der Waals surface area (Å²) in [6.45, 7) is 0. The first-order valence-corrected chi connectivity index (χ1v) is 6.38. The van der Waals surface area contributed by atoms with Gasteiger partial charge in [0.15, 0.2) is 0 Å². The predicted molar refractivity (Wildman–Crippen MR) is 76.0 cm³/mol. The van der Waals surface area contributed by atoms with Gasteiger partial charge in [0.2, 0.25) is 0 Å². The van der Waals surface area contributed by atoms with Crippen molar-refractivity contribution in [2.24, 2.45) is 0 Å². The SMILES string of the molecule is Fc1cccc(-c2[c]ccc(F)c2-c2ccccc2F)c1. The van der Waals surface area contributed by atoms with Gasteiger partial charge < -0.3 is 0 Å². The third-order valence-electron chi connectivity index (χ3n) is 3.20. The Morgan fingerprint density at radius 2 is 1.57 bits per heavy atom. The van der Waals surface area contributed by atoms with Gasteiger partial charge in [0.25, 0.3) is 0 Å². The van der Waals surface area contributed by atoms with E-state index in [0.717, 1.165) is 0 Å². The van der Waals surface area contributed by atoms with Crippen LogP contribution >= 0.6 is 0 Å². The quantitative estimate of drug-likeness (QED) is 0.603. The van der Waals surface area contributed by atoms with Crippen molar-refractivity contribution in [3.63, 3.8) is 0 Å². The van der Waals surface area contributed by atoms with Crippen LogP contribution in [0.1, 0.15) is 0 Å². The van der Waals surface area contributed by atoms with Crippen molar-refractivity contribution in [1.29, 1.82) is 0 Å². The van der Waals surface area contributed by atoms with Gasteiger partial charge in [0.05, 0.1) is 0 Å². The molecular weight excluding hydrogens is 273 g/mol. The molecule has 0 aromatic heterocycles. The van der Waals surface area contributed by atoms with Crippen LogP contribution in [0.5, 0.6) is 0 Å². The summed E-state index contributed by atoms with van der Waals surface area (Å²) in [4.78, 5) is 0. The van der Waals surface area contributed by atoms with Crippen LogP contribution in [-0.2, 0) is 0 Å². The summed E-state index contributed by atoms with van der Waals surface area (Å²) in [5.74, 6) is -1.54. The predicted octanol–water partition coefficient (Wildman–Crippen LogP) is 5.24. The van der Waals surface area contributed by atoms with Crippen molar-refractivity contribution in [1.82, 2.24) is 0 Å². The van der Waals surface area contributed by atoms with Crippen molar-refractivity contribution < 1.29 is 13.2 Å². The van der Waals surface area contributed by atoms with Crippen LogP contribution < -0.4 is 0 Å². The fraction of sp³-hybridized carbons (Fsp3) is 0. The molecule has 0 aliphatic rings. The highest BCUT2D eigenvalue weighted by Gasteiger charge is 2.16. The Morgan fingerprint density at radius 1 is 0.762 bits per heavy atom. The van der Waals surface area contributed by atoms with Crippen LogP contribution in [0.2, 0.25) is 0 Å². The van der Waals surface area contributed by atoms with Crippen molar-refractivity contribution in [3.8, 4) is 22.3 Å². The lowest BCUT2D eigenvalue weighted by molar-refractivity contribution is 0.616. The molecule has 0 saturated heterocycles. The van der Waals surface area contributed by atoms with E-state index in [1.807, 2.05) is 0 Å². The molecule has 0 bridgehead atoms. The molecular formula is C18H10F3. The minimum absolute atomic E-state index is 0.0844. The number of benzene rings is 3. The zero-order chi connectivity index (χ0) is 14.8. The minimum atomic E-state index is -0.571. The molecule has 3 aromatic rings. The van der Waals surface area contributed by atoms with E-state index in [1.54, 1.807) is 12.1 Å². The van der Waals surface area contributed by atoms with Crippen molar-refractivity contribution >= 4 is 0 Å². The normalized spacial score (nSPS) is 10.6. The lowest BCUT2D eigenvalue weighted by Gasteiger charge is -2.11. The van der Waals surface area contributed by atoms with Gasteiger partial charge in [0, 0.05) is 16.7 Å². The van der Waals surface area contributed by atoms with E-state index in [0.29, 0.717) is 11.1 Å². The molecule has 21 heavy (non-hydrogen) atoms. The third-order valence-corrected chi connectivity index (χ3v) is 3.20. The fourth-order valence-electron chi connectivity index (χ4n) is 2.27. The maximum atomic E-state index is 14.2. The first-order chi connectivity index (χ1) is 10.2. The van der Waals surface area contributed by atoms with Gasteiger partial charge in [-0.05, 0) is 35.9 Å². The monoisotopic (exact) mass is 283 g/mol. The summed E-state index contributed by atoms with van der Waals surface area (Å²) in [5, 5.41) is 0. The molecule has 0 aliphatic carbocycles. The summed E-state index contributed by atoms with van der Waals surface area (Å²) in [5.41, 5.74) is 1.000. The maximum absolute atomic E-state index is 14.2. The Kier molecular flexibility index (Phi) is 3.48. The number of hydrogen-bond donors (Lipinski definition) is 0. The molecule has 1 radical (unpaired) electrons. The smallest absolute Gasteiger partial charge is 0.131 e. The topological polar surface area (TPSA) is 0 Å². The van der Waals surface area contributed by atoms with E-state index in [4.69, 9.17) is 0 Å². The second kappa shape index (κ2) is 5.44. The molecule has 0 heterocycles. The Morgan fingerprint density at radius 3 is 2.33 bits per heavy atom. The number of rotatable bonds is 2. The molecule has 0 aliphatic heterocycles. The standard InChI is InChI=1S/C18H10F3/c19-13-6-3-5-12(11-13)14-8-4-10-17(21)18(14)15-7-1-2-9-16(15)20/h1-7,9-11H. The van der Waals surface area contributed by atoms with Crippen molar-refractivity contribution in [3.05, 3.63) is 84.2 Å². The Hall–Kier alpha value is -2.55. The first-order valence-electron chi connectivity index (χ1n) is 6.38. The average molecular weight is 283 g/mol. The summed E-state index contributed by atoms with van der Waals surface area (Å²) in [6, 6.07) is 17.1. The highest BCUT2D eigenvalue weighted by Crippen LogP contribution is 2.35. The molecule has 0 unspecified atom stereocenters. The average Bonchev–Trinajstić information content (AvgIpc) is 2.48. The molecule has 103 valence electrons. The molecule has 0 saturated carbocycles. The van der Waals surface area contributed by atoms with Crippen LogP contribution in [0.3, 0.4) is 0 Å². The van der Waals surface area contributed by atoms with E-state index in [-0.39, 0.29) is 11.1 Å². The summed E-state index contributed by atoms with van der Waals surface area (Å²) in [6.07, 6.45) is 0.